The molecule has 2 aliphatic rings. The number of nitrogens with one attached hydrogen (secondary N) is 2. The normalized spacial score (nSPS) is 20.0. The summed E-state index contributed by atoms with van der Waals surface area (Å²) in [5.74, 6) is 1.41. The Morgan fingerprint density at radius 2 is 1.83 bits per heavy atom. The molecule has 0 spiro atoms. The smallest absolute Gasteiger partial charge is 0.225 e. The van der Waals surface area contributed by atoms with E-state index < -0.39 is 0 Å². The molecule has 6 nitrogen and oxygen atoms in total. The fourth-order valence-corrected chi connectivity index (χ4v) is 4.23. The van der Waals surface area contributed by atoms with E-state index in [1.807, 2.05) is 6.92 Å². The Hall–Kier alpha value is -1.35. The summed E-state index contributed by atoms with van der Waals surface area (Å²) in [6.07, 6.45) is 6.81. The van der Waals surface area contributed by atoms with E-state index in [1.165, 1.54) is 30.4 Å². The average molecular weight is 528 g/mol. The number of carbonyl (C=O) groups is 1. The van der Waals surface area contributed by atoms with Crippen LogP contribution in [0.3, 0.4) is 0 Å². The summed E-state index contributed by atoms with van der Waals surface area (Å²) >= 11 is 0. The first kappa shape index (κ1) is 24.9. The third kappa shape index (κ3) is 7.41. The molecule has 1 atom stereocenters. The molecule has 1 unspecified atom stereocenters. The Labute approximate surface area is 198 Å². The molecule has 0 aromatic heterocycles. The molecule has 0 bridgehead atoms. The molecule has 2 fully saturated rings. The van der Waals surface area contributed by atoms with E-state index in [1.54, 1.807) is 7.05 Å². The van der Waals surface area contributed by atoms with Crippen LogP contribution in [0.15, 0.2) is 29.3 Å². The van der Waals surface area contributed by atoms with Crippen LogP contribution in [-0.2, 0) is 22.7 Å². The molecule has 1 heterocycles. The van der Waals surface area contributed by atoms with Crippen molar-refractivity contribution in [2.75, 3.05) is 26.7 Å². The molecule has 1 aromatic rings. The van der Waals surface area contributed by atoms with E-state index in [-0.39, 0.29) is 35.9 Å². The minimum Gasteiger partial charge on any atom is -0.377 e. The molecule has 1 amide bonds. The lowest BCUT2D eigenvalue weighted by molar-refractivity contribution is -0.135. The summed E-state index contributed by atoms with van der Waals surface area (Å²) in [5, 5.41) is 6.87. The van der Waals surface area contributed by atoms with E-state index in [0.717, 1.165) is 44.9 Å². The maximum absolute atomic E-state index is 12.7. The lowest BCUT2D eigenvalue weighted by Gasteiger charge is -2.26. The van der Waals surface area contributed by atoms with Crippen LogP contribution in [-0.4, -0.2) is 49.6 Å². The maximum atomic E-state index is 12.7. The Bertz CT molecular complexity index is 674. The quantitative estimate of drug-likeness (QED) is 0.322. The molecule has 1 saturated carbocycles. The molecule has 1 saturated heterocycles. The second-order valence-corrected chi connectivity index (χ2v) is 8.13. The molecule has 0 radical (unpaired) electrons. The van der Waals surface area contributed by atoms with Crippen molar-refractivity contribution >= 4 is 35.8 Å². The van der Waals surface area contributed by atoms with Crippen molar-refractivity contribution < 1.29 is 9.53 Å². The molecule has 168 valence electrons. The van der Waals surface area contributed by atoms with Crippen LogP contribution >= 0.6 is 24.0 Å². The molecule has 1 aromatic carbocycles. The Morgan fingerprint density at radius 3 is 2.50 bits per heavy atom. The summed E-state index contributed by atoms with van der Waals surface area (Å²) in [6, 6.07) is 8.72. The SMILES string of the molecule is CCOCc1ccc(CNC(=NC)NC2CCN(C(=O)C3CCCCC3)C2)cc1.I. The van der Waals surface area contributed by atoms with Crippen LogP contribution in [0.5, 0.6) is 0 Å². The van der Waals surface area contributed by atoms with Gasteiger partial charge in [0.1, 0.15) is 0 Å². The van der Waals surface area contributed by atoms with Gasteiger partial charge in [0.2, 0.25) is 5.91 Å². The molecule has 1 aliphatic carbocycles. The zero-order chi connectivity index (χ0) is 20.5. The predicted octanol–water partition coefficient (Wildman–Crippen LogP) is 3.69. The van der Waals surface area contributed by atoms with Crippen molar-refractivity contribution in [3.05, 3.63) is 35.4 Å². The van der Waals surface area contributed by atoms with E-state index in [4.69, 9.17) is 4.74 Å². The number of amides is 1. The summed E-state index contributed by atoms with van der Waals surface area (Å²) in [5.41, 5.74) is 2.39. The van der Waals surface area contributed by atoms with Gasteiger partial charge in [-0.1, -0.05) is 43.5 Å². The first-order valence-electron chi connectivity index (χ1n) is 11.1. The molecular formula is C23H37IN4O2. The van der Waals surface area contributed by atoms with E-state index in [0.29, 0.717) is 19.1 Å². The monoisotopic (exact) mass is 528 g/mol. The molecule has 1 aliphatic heterocycles. The largest absolute Gasteiger partial charge is 0.377 e. The average Bonchev–Trinajstić information content (AvgIpc) is 3.24. The zero-order valence-corrected chi connectivity index (χ0v) is 20.7. The molecule has 2 N–H and O–H groups in total. The second kappa shape index (κ2) is 13.1. The number of benzene rings is 1. The van der Waals surface area contributed by atoms with E-state index >= 15 is 0 Å². The highest BCUT2D eigenvalue weighted by Gasteiger charge is 2.31. The number of hydrogen-bond donors (Lipinski definition) is 2. The van der Waals surface area contributed by atoms with Gasteiger partial charge < -0.3 is 20.3 Å². The van der Waals surface area contributed by atoms with Gasteiger partial charge in [0.25, 0.3) is 0 Å². The third-order valence-electron chi connectivity index (χ3n) is 5.97. The summed E-state index contributed by atoms with van der Waals surface area (Å²) < 4.78 is 5.44. The number of likely N-dealkylation sites (tertiary alicyclic amines) is 1. The van der Waals surface area contributed by atoms with Gasteiger partial charge in [-0.3, -0.25) is 9.79 Å². The van der Waals surface area contributed by atoms with Gasteiger partial charge in [0.15, 0.2) is 5.96 Å². The Balaban J connectivity index is 0.00000320. The lowest BCUT2D eigenvalue weighted by Crippen LogP contribution is -2.45. The van der Waals surface area contributed by atoms with Crippen LogP contribution < -0.4 is 10.6 Å². The predicted molar refractivity (Wildman–Crippen MR) is 132 cm³/mol. The highest BCUT2D eigenvalue weighted by Crippen LogP contribution is 2.26. The van der Waals surface area contributed by atoms with Crippen molar-refractivity contribution in [3.8, 4) is 0 Å². The highest BCUT2D eigenvalue weighted by atomic mass is 127. The second-order valence-electron chi connectivity index (χ2n) is 8.13. The van der Waals surface area contributed by atoms with Crippen LogP contribution in [0, 0.1) is 5.92 Å². The first-order valence-corrected chi connectivity index (χ1v) is 11.1. The molecule has 3 rings (SSSR count). The zero-order valence-electron chi connectivity index (χ0n) is 18.4. The van der Waals surface area contributed by atoms with Crippen LogP contribution in [0.1, 0.15) is 56.6 Å². The summed E-state index contributed by atoms with van der Waals surface area (Å²) in [7, 11) is 1.79. The number of carbonyl (C=O) groups excluding carboxylic acids is 1. The van der Waals surface area contributed by atoms with E-state index in [9.17, 15) is 4.79 Å². The molecule has 30 heavy (non-hydrogen) atoms. The summed E-state index contributed by atoms with van der Waals surface area (Å²) in [4.78, 5) is 19.2. The number of aliphatic imine (C=N–C) groups is 1. The standard InChI is InChI=1S/C23H36N4O2.HI/c1-3-29-17-19-11-9-18(10-12-19)15-25-23(24-2)26-21-13-14-27(16-21)22(28)20-7-5-4-6-8-20;/h9-12,20-21H,3-8,13-17H2,1-2H3,(H2,24,25,26);1H. The molecular weight excluding hydrogens is 491 g/mol. The topological polar surface area (TPSA) is 66.0 Å². The minimum absolute atomic E-state index is 0. The highest BCUT2D eigenvalue weighted by molar-refractivity contribution is 14.0. The van der Waals surface area contributed by atoms with Gasteiger partial charge in [-0.25, -0.2) is 0 Å². The van der Waals surface area contributed by atoms with Gasteiger partial charge in [0.05, 0.1) is 6.61 Å². The van der Waals surface area contributed by atoms with Crippen molar-refractivity contribution in [2.45, 2.75) is 64.6 Å². The van der Waals surface area contributed by atoms with E-state index in [2.05, 4.69) is 44.8 Å². The Morgan fingerprint density at radius 1 is 1.13 bits per heavy atom. The van der Waals surface area contributed by atoms with Gasteiger partial charge in [-0.15, -0.1) is 24.0 Å². The fraction of sp³-hybridized carbons (Fsp3) is 0.652. The van der Waals surface area contributed by atoms with Gasteiger partial charge in [0, 0.05) is 45.2 Å². The number of guanidine groups is 1. The number of halogens is 1. The van der Waals surface area contributed by atoms with Crippen LogP contribution in [0.2, 0.25) is 0 Å². The third-order valence-corrected chi connectivity index (χ3v) is 5.97. The summed E-state index contributed by atoms with van der Waals surface area (Å²) in [6.45, 7) is 5.74. The van der Waals surface area contributed by atoms with Crippen molar-refractivity contribution in [1.82, 2.24) is 15.5 Å². The van der Waals surface area contributed by atoms with Crippen LogP contribution in [0.4, 0.5) is 0 Å². The minimum atomic E-state index is 0. The first-order chi connectivity index (χ1) is 14.2. The Kier molecular flexibility index (Phi) is 10.9. The molecule has 7 heteroatoms. The van der Waals surface area contributed by atoms with Crippen molar-refractivity contribution in [3.63, 3.8) is 0 Å². The van der Waals surface area contributed by atoms with Gasteiger partial charge in [-0.2, -0.15) is 0 Å². The number of nitrogens with zero attached hydrogens (tertiary/aromatic N) is 2. The fourth-order valence-electron chi connectivity index (χ4n) is 4.23. The van der Waals surface area contributed by atoms with Crippen molar-refractivity contribution in [1.29, 1.82) is 0 Å². The lowest BCUT2D eigenvalue weighted by atomic mass is 9.88. The maximum Gasteiger partial charge on any atom is 0.225 e. The number of rotatable bonds is 7. The van der Waals surface area contributed by atoms with Gasteiger partial charge in [-0.05, 0) is 37.3 Å². The number of hydrogen-bond acceptors (Lipinski definition) is 3. The van der Waals surface area contributed by atoms with Crippen molar-refractivity contribution in [2.24, 2.45) is 10.9 Å². The van der Waals surface area contributed by atoms with Gasteiger partial charge >= 0.3 is 0 Å². The van der Waals surface area contributed by atoms with Crippen LogP contribution in [0.25, 0.3) is 0 Å². The number of ether oxygens (including phenoxy) is 1.